The van der Waals surface area contributed by atoms with Crippen LogP contribution in [0.5, 0.6) is 0 Å². The summed E-state index contributed by atoms with van der Waals surface area (Å²) in [6.07, 6.45) is -5.50. The molecule has 1 amide bonds. The van der Waals surface area contributed by atoms with Crippen molar-refractivity contribution < 1.29 is 32.3 Å². The number of hydrogen-bond donors (Lipinski definition) is 1. The fourth-order valence-corrected chi connectivity index (χ4v) is 3.00. The molecule has 11 heteroatoms. The molecule has 7 nitrogen and oxygen atoms in total. The number of carboxylic acid groups (broad SMARTS) is 1. The molecule has 0 aliphatic carbocycles. The average molecular weight is 438 g/mol. The first-order valence-electron chi connectivity index (χ1n) is 9.04. The van der Waals surface area contributed by atoms with Crippen LogP contribution in [0.25, 0.3) is 0 Å². The molecule has 1 aromatic carbocycles. The number of likely N-dealkylation sites (N-methyl/N-ethyl adjacent to an activating group) is 1. The van der Waals surface area contributed by atoms with Gasteiger partial charge in [-0.25, -0.2) is 14.2 Å². The number of nitriles is 1. The van der Waals surface area contributed by atoms with Gasteiger partial charge in [0.2, 0.25) is 0 Å². The van der Waals surface area contributed by atoms with E-state index in [-0.39, 0.29) is 35.4 Å². The smallest absolute Gasteiger partial charge is 0.413 e. The van der Waals surface area contributed by atoms with Crippen molar-refractivity contribution in [2.45, 2.75) is 19.1 Å². The minimum Gasteiger partial charge on any atom is -0.465 e. The molecule has 1 atom stereocenters. The van der Waals surface area contributed by atoms with Crippen molar-refractivity contribution in [3.8, 4) is 6.07 Å². The van der Waals surface area contributed by atoms with Crippen LogP contribution in [0.1, 0.15) is 34.5 Å². The SMILES string of the molecule is CCN(CCN(C(=O)O)C(c1cc(C=O)ccc1F)C(F)(F)F)c1ccc(C#N)cn1. The standard InChI is InChI=1S/C20H18F4N4O3/c1-2-27(17-6-4-14(10-25)11-26-17)7-8-28(19(30)31)18(20(22,23)24)15-9-13(12-29)3-5-16(15)21/h3-6,9,11-12,18H,2,7-8H2,1H3,(H,30,31). The number of rotatable bonds is 8. The molecule has 164 valence electrons. The Labute approximate surface area is 175 Å². The van der Waals surface area contributed by atoms with Gasteiger partial charge >= 0.3 is 12.3 Å². The third kappa shape index (κ3) is 5.69. The van der Waals surface area contributed by atoms with Gasteiger partial charge in [0.1, 0.15) is 24.0 Å². The van der Waals surface area contributed by atoms with Crippen molar-refractivity contribution in [2.24, 2.45) is 0 Å². The number of nitrogens with zero attached hydrogens (tertiary/aromatic N) is 4. The van der Waals surface area contributed by atoms with Gasteiger partial charge in [-0.1, -0.05) is 0 Å². The largest absolute Gasteiger partial charge is 0.465 e. The van der Waals surface area contributed by atoms with Crippen LogP contribution in [0.3, 0.4) is 0 Å². The van der Waals surface area contributed by atoms with Crippen molar-refractivity contribution in [3.63, 3.8) is 0 Å². The Hall–Kier alpha value is -3.68. The van der Waals surface area contributed by atoms with Gasteiger partial charge in [-0.3, -0.25) is 9.69 Å². The number of amides is 1. The van der Waals surface area contributed by atoms with E-state index in [2.05, 4.69) is 4.98 Å². The van der Waals surface area contributed by atoms with E-state index < -0.39 is 36.2 Å². The second-order valence-corrected chi connectivity index (χ2v) is 6.42. The Morgan fingerprint density at radius 3 is 2.48 bits per heavy atom. The number of carbonyl (C=O) groups excluding carboxylic acids is 1. The molecule has 0 aliphatic rings. The second kappa shape index (κ2) is 9.88. The first-order chi connectivity index (χ1) is 14.6. The minimum atomic E-state index is -5.13. The molecular weight excluding hydrogens is 420 g/mol. The predicted molar refractivity (Wildman–Crippen MR) is 102 cm³/mol. The Balaban J connectivity index is 2.37. The maximum absolute atomic E-state index is 14.2. The third-order valence-corrected chi connectivity index (χ3v) is 4.51. The number of halogens is 4. The van der Waals surface area contributed by atoms with Gasteiger partial charge < -0.3 is 10.0 Å². The Bertz CT molecular complexity index is 974. The lowest BCUT2D eigenvalue weighted by Crippen LogP contribution is -2.46. The van der Waals surface area contributed by atoms with E-state index in [1.165, 1.54) is 23.2 Å². The number of aromatic nitrogens is 1. The van der Waals surface area contributed by atoms with Crippen LogP contribution in [0.15, 0.2) is 36.5 Å². The topological polar surface area (TPSA) is 97.5 Å². The number of hydrogen-bond acceptors (Lipinski definition) is 5. The summed E-state index contributed by atoms with van der Waals surface area (Å²) in [4.78, 5) is 28.3. The highest BCUT2D eigenvalue weighted by Gasteiger charge is 2.48. The van der Waals surface area contributed by atoms with Crippen LogP contribution in [0.4, 0.5) is 28.2 Å². The number of alkyl halides is 3. The molecule has 31 heavy (non-hydrogen) atoms. The molecule has 0 spiro atoms. The summed E-state index contributed by atoms with van der Waals surface area (Å²) < 4.78 is 55.7. The van der Waals surface area contributed by atoms with Gasteiger partial charge in [0.05, 0.1) is 5.56 Å². The first-order valence-corrected chi connectivity index (χ1v) is 9.04. The Morgan fingerprint density at radius 2 is 2.00 bits per heavy atom. The lowest BCUT2D eigenvalue weighted by Gasteiger charge is -2.33. The molecule has 0 fully saturated rings. The maximum atomic E-state index is 14.2. The van der Waals surface area contributed by atoms with E-state index >= 15 is 0 Å². The van der Waals surface area contributed by atoms with Crippen LogP contribution in [-0.2, 0) is 0 Å². The molecule has 1 aromatic heterocycles. The van der Waals surface area contributed by atoms with Crippen LogP contribution >= 0.6 is 0 Å². The van der Waals surface area contributed by atoms with Gasteiger partial charge in [-0.05, 0) is 37.3 Å². The molecule has 0 saturated carbocycles. The van der Waals surface area contributed by atoms with Gasteiger partial charge in [0.25, 0.3) is 0 Å². The lowest BCUT2D eigenvalue weighted by molar-refractivity contribution is -0.181. The van der Waals surface area contributed by atoms with Gasteiger partial charge in [0.15, 0.2) is 6.04 Å². The summed E-state index contributed by atoms with van der Waals surface area (Å²) in [7, 11) is 0. The molecule has 0 aliphatic heterocycles. The monoisotopic (exact) mass is 438 g/mol. The van der Waals surface area contributed by atoms with E-state index in [0.717, 1.165) is 6.07 Å². The second-order valence-electron chi connectivity index (χ2n) is 6.42. The fourth-order valence-electron chi connectivity index (χ4n) is 3.00. The van der Waals surface area contributed by atoms with Crippen molar-refractivity contribution in [1.29, 1.82) is 5.26 Å². The van der Waals surface area contributed by atoms with Crippen LogP contribution in [0.2, 0.25) is 0 Å². The normalized spacial score (nSPS) is 12.0. The molecule has 1 heterocycles. The predicted octanol–water partition coefficient (Wildman–Crippen LogP) is 4.01. The van der Waals surface area contributed by atoms with Gasteiger partial charge in [-0.15, -0.1) is 0 Å². The van der Waals surface area contributed by atoms with Crippen molar-refractivity contribution in [2.75, 3.05) is 24.5 Å². The van der Waals surface area contributed by atoms with Crippen molar-refractivity contribution in [3.05, 3.63) is 59.0 Å². The zero-order valence-corrected chi connectivity index (χ0v) is 16.3. The molecule has 0 radical (unpaired) electrons. The van der Waals surface area contributed by atoms with Gasteiger partial charge in [0, 0.05) is 37.0 Å². The number of benzene rings is 1. The average Bonchev–Trinajstić information content (AvgIpc) is 2.73. The van der Waals surface area contributed by atoms with Crippen LogP contribution < -0.4 is 4.90 Å². The molecule has 1 N–H and O–H groups in total. The minimum absolute atomic E-state index is 0.0826. The Kier molecular flexibility index (Phi) is 7.52. The van der Waals surface area contributed by atoms with E-state index in [9.17, 15) is 32.3 Å². The third-order valence-electron chi connectivity index (χ3n) is 4.51. The van der Waals surface area contributed by atoms with E-state index in [1.54, 1.807) is 6.92 Å². The lowest BCUT2D eigenvalue weighted by atomic mass is 10.0. The van der Waals surface area contributed by atoms with Gasteiger partial charge in [-0.2, -0.15) is 18.4 Å². The molecular formula is C20H18F4N4O3. The molecule has 2 rings (SSSR count). The number of carbonyl (C=O) groups is 2. The fraction of sp³-hybridized carbons (Fsp3) is 0.300. The maximum Gasteiger partial charge on any atom is 0.413 e. The highest BCUT2D eigenvalue weighted by atomic mass is 19.4. The van der Waals surface area contributed by atoms with E-state index in [1.807, 2.05) is 6.07 Å². The summed E-state index contributed by atoms with van der Waals surface area (Å²) in [5.41, 5.74) is -0.887. The molecule has 0 saturated heterocycles. The first kappa shape index (κ1) is 23.6. The zero-order chi connectivity index (χ0) is 23.2. The Morgan fingerprint density at radius 1 is 1.29 bits per heavy atom. The molecule has 1 unspecified atom stereocenters. The zero-order valence-electron chi connectivity index (χ0n) is 16.3. The van der Waals surface area contributed by atoms with Crippen LogP contribution in [0, 0.1) is 17.1 Å². The van der Waals surface area contributed by atoms with E-state index in [4.69, 9.17) is 5.26 Å². The number of anilines is 1. The summed E-state index contributed by atoms with van der Waals surface area (Å²) >= 11 is 0. The van der Waals surface area contributed by atoms with E-state index in [0.29, 0.717) is 18.0 Å². The number of aldehydes is 1. The number of pyridine rings is 1. The van der Waals surface area contributed by atoms with Crippen molar-refractivity contribution in [1.82, 2.24) is 9.88 Å². The summed E-state index contributed by atoms with van der Waals surface area (Å²) in [5.74, 6) is -0.940. The molecule has 0 bridgehead atoms. The van der Waals surface area contributed by atoms with Crippen molar-refractivity contribution >= 4 is 18.2 Å². The van der Waals surface area contributed by atoms with Crippen LogP contribution in [-0.4, -0.2) is 53.2 Å². The summed E-state index contributed by atoms with van der Waals surface area (Å²) in [5, 5.41) is 18.3. The quantitative estimate of drug-likeness (QED) is 0.494. The highest BCUT2D eigenvalue weighted by Crippen LogP contribution is 2.39. The molecule has 2 aromatic rings. The summed E-state index contributed by atoms with van der Waals surface area (Å²) in [6, 6.07) is 4.42. The summed E-state index contributed by atoms with van der Waals surface area (Å²) in [6.45, 7) is 1.18. The highest BCUT2D eigenvalue weighted by molar-refractivity contribution is 5.75.